The van der Waals surface area contributed by atoms with E-state index < -0.39 is 29.8 Å². The third-order valence-electron chi connectivity index (χ3n) is 1.60. The van der Waals surface area contributed by atoms with Crippen molar-refractivity contribution >= 4 is 18.4 Å². The third-order valence-corrected chi connectivity index (χ3v) is 1.60. The predicted octanol–water partition coefficient (Wildman–Crippen LogP) is -1.42. The molecule has 0 aromatic heterocycles. The van der Waals surface area contributed by atoms with E-state index in [1.54, 1.807) is 0 Å². The average molecular weight is 246 g/mol. The Hall–Kier alpha value is 0.111. The van der Waals surface area contributed by atoms with Gasteiger partial charge in [0.25, 0.3) is 0 Å². The SMILES string of the molecule is O=C(O)c1cc(F)ccc1[B-](F)(F)F.[K+]. The average Bonchev–Trinajstić information content (AvgIpc) is 2.01. The summed E-state index contributed by atoms with van der Waals surface area (Å²) in [5, 5.41) is 8.40. The molecule has 76 valence electrons. The number of aromatic carboxylic acids is 1. The van der Waals surface area contributed by atoms with Crippen molar-refractivity contribution in [3.63, 3.8) is 0 Å². The fourth-order valence-electron chi connectivity index (χ4n) is 0.999. The molecule has 0 atom stereocenters. The first kappa shape index (κ1) is 15.1. The zero-order valence-corrected chi connectivity index (χ0v) is 10.8. The standard InChI is InChI=1S/C7H4BF4O2.K/c9-4-1-2-6(8(10,11)12)5(3-4)7(13)14;/h1-3H,(H,13,14);/q-1;+1. The van der Waals surface area contributed by atoms with Gasteiger partial charge in [-0.2, -0.15) is 0 Å². The van der Waals surface area contributed by atoms with Crippen molar-refractivity contribution in [1.82, 2.24) is 0 Å². The van der Waals surface area contributed by atoms with Gasteiger partial charge in [-0.15, -0.1) is 0 Å². The van der Waals surface area contributed by atoms with E-state index in [9.17, 15) is 22.1 Å². The number of hydrogen-bond donors (Lipinski definition) is 1. The summed E-state index contributed by atoms with van der Waals surface area (Å²) in [5.74, 6) is -2.80. The number of rotatable bonds is 2. The maximum absolute atomic E-state index is 12.5. The summed E-state index contributed by atoms with van der Waals surface area (Å²) in [6.07, 6.45) is 0. The third kappa shape index (κ3) is 3.88. The first-order chi connectivity index (χ1) is 6.32. The topological polar surface area (TPSA) is 37.3 Å². The van der Waals surface area contributed by atoms with Gasteiger partial charge >= 0.3 is 64.3 Å². The molecule has 0 fully saturated rings. The minimum absolute atomic E-state index is 0. The summed E-state index contributed by atoms with van der Waals surface area (Å²) in [6.45, 7) is -5.43. The molecule has 1 aromatic carbocycles. The van der Waals surface area contributed by atoms with Crippen LogP contribution in [0.2, 0.25) is 0 Å². The number of carbonyl (C=O) groups is 1. The quantitative estimate of drug-likeness (QED) is 0.513. The van der Waals surface area contributed by atoms with Gasteiger partial charge in [0.15, 0.2) is 0 Å². The van der Waals surface area contributed by atoms with Gasteiger partial charge in [0.1, 0.15) is 5.82 Å². The molecule has 1 aromatic rings. The molecular weight excluding hydrogens is 242 g/mol. The molecule has 2 nitrogen and oxygen atoms in total. The summed E-state index contributed by atoms with van der Waals surface area (Å²) < 4.78 is 49.1. The molecular formula is C7H4BF4KO2. The van der Waals surface area contributed by atoms with Crippen LogP contribution in [0.5, 0.6) is 0 Å². The van der Waals surface area contributed by atoms with Crippen molar-refractivity contribution in [2.24, 2.45) is 0 Å². The van der Waals surface area contributed by atoms with Crippen molar-refractivity contribution in [1.29, 1.82) is 0 Å². The molecule has 1 N–H and O–H groups in total. The Kier molecular flexibility index (Phi) is 5.48. The second-order valence-electron chi connectivity index (χ2n) is 2.61. The van der Waals surface area contributed by atoms with Crippen molar-refractivity contribution in [3.05, 3.63) is 29.6 Å². The van der Waals surface area contributed by atoms with E-state index in [2.05, 4.69) is 0 Å². The maximum Gasteiger partial charge on any atom is 1.00 e. The normalized spacial score (nSPS) is 10.7. The molecule has 0 aliphatic carbocycles. The minimum Gasteiger partial charge on any atom is -0.478 e. The summed E-state index contributed by atoms with van der Waals surface area (Å²) in [5.41, 5.74) is -2.35. The van der Waals surface area contributed by atoms with Gasteiger partial charge in [0, 0.05) is 5.56 Å². The predicted molar refractivity (Wildman–Crippen MR) is 42.1 cm³/mol. The Balaban J connectivity index is 0.00000196. The van der Waals surface area contributed by atoms with Crippen molar-refractivity contribution < 1.29 is 78.6 Å². The van der Waals surface area contributed by atoms with E-state index in [0.29, 0.717) is 18.2 Å². The number of halogens is 4. The van der Waals surface area contributed by atoms with Crippen LogP contribution in [0.25, 0.3) is 0 Å². The van der Waals surface area contributed by atoms with Crippen LogP contribution in [0.3, 0.4) is 0 Å². The molecule has 0 spiro atoms. The van der Waals surface area contributed by atoms with Crippen LogP contribution >= 0.6 is 0 Å². The fourth-order valence-corrected chi connectivity index (χ4v) is 0.999. The minimum atomic E-state index is -5.43. The van der Waals surface area contributed by atoms with Crippen LogP contribution in [-0.2, 0) is 0 Å². The van der Waals surface area contributed by atoms with E-state index in [1.807, 2.05) is 0 Å². The zero-order valence-electron chi connectivity index (χ0n) is 7.68. The summed E-state index contributed by atoms with van der Waals surface area (Å²) in [4.78, 5) is 10.4. The summed E-state index contributed by atoms with van der Waals surface area (Å²) >= 11 is 0. The monoisotopic (exact) mass is 246 g/mol. The largest absolute Gasteiger partial charge is 1.00 e. The van der Waals surface area contributed by atoms with Crippen LogP contribution in [0.15, 0.2) is 18.2 Å². The second kappa shape index (κ2) is 5.44. The second-order valence-corrected chi connectivity index (χ2v) is 2.61. The van der Waals surface area contributed by atoms with E-state index in [4.69, 9.17) is 5.11 Å². The summed E-state index contributed by atoms with van der Waals surface area (Å²) in [6, 6.07) is 1.36. The maximum atomic E-state index is 12.5. The molecule has 0 aliphatic rings. The smallest absolute Gasteiger partial charge is 0.478 e. The van der Waals surface area contributed by atoms with Crippen molar-refractivity contribution in [2.45, 2.75) is 0 Å². The Labute approximate surface area is 125 Å². The van der Waals surface area contributed by atoms with Crippen LogP contribution in [0.1, 0.15) is 10.4 Å². The Morgan fingerprint density at radius 3 is 2.20 bits per heavy atom. The Morgan fingerprint density at radius 2 is 1.80 bits per heavy atom. The number of hydrogen-bond acceptors (Lipinski definition) is 1. The van der Waals surface area contributed by atoms with Crippen LogP contribution in [0, 0.1) is 5.82 Å². The number of carboxylic acid groups (broad SMARTS) is 1. The first-order valence-electron chi connectivity index (χ1n) is 3.55. The zero-order chi connectivity index (χ0) is 10.9. The van der Waals surface area contributed by atoms with Gasteiger partial charge in [-0.3, -0.25) is 0 Å². The van der Waals surface area contributed by atoms with Crippen LogP contribution in [0.4, 0.5) is 17.3 Å². The molecule has 1 rings (SSSR count). The van der Waals surface area contributed by atoms with Gasteiger partial charge in [0.2, 0.25) is 0 Å². The summed E-state index contributed by atoms with van der Waals surface area (Å²) in [7, 11) is 0. The molecule has 0 saturated heterocycles. The van der Waals surface area contributed by atoms with Gasteiger partial charge in [-0.05, 0) is 12.1 Å². The molecule has 0 aliphatic heterocycles. The Bertz CT molecular complexity index is 380. The molecule has 0 bridgehead atoms. The number of carboxylic acids is 1. The molecule has 0 heterocycles. The van der Waals surface area contributed by atoms with Crippen molar-refractivity contribution in [2.75, 3.05) is 0 Å². The molecule has 8 heteroatoms. The van der Waals surface area contributed by atoms with Gasteiger partial charge in [-0.1, -0.05) is 11.5 Å². The van der Waals surface area contributed by atoms with Crippen LogP contribution in [-0.4, -0.2) is 18.1 Å². The molecule has 0 amide bonds. The van der Waals surface area contributed by atoms with Crippen LogP contribution < -0.4 is 56.8 Å². The molecule has 0 radical (unpaired) electrons. The fraction of sp³-hybridized carbons (Fsp3) is 0. The van der Waals surface area contributed by atoms with E-state index in [0.717, 1.165) is 0 Å². The van der Waals surface area contributed by atoms with Gasteiger partial charge < -0.3 is 18.1 Å². The molecule has 0 saturated carbocycles. The van der Waals surface area contributed by atoms with E-state index in [-0.39, 0.29) is 51.4 Å². The van der Waals surface area contributed by atoms with Gasteiger partial charge in [-0.25, -0.2) is 9.18 Å². The van der Waals surface area contributed by atoms with E-state index >= 15 is 0 Å². The van der Waals surface area contributed by atoms with Gasteiger partial charge in [0.05, 0.1) is 0 Å². The first-order valence-corrected chi connectivity index (χ1v) is 3.55. The molecule has 0 unspecified atom stereocenters. The number of benzene rings is 1. The van der Waals surface area contributed by atoms with Crippen molar-refractivity contribution in [3.8, 4) is 0 Å². The Morgan fingerprint density at radius 1 is 1.27 bits per heavy atom. The molecule has 15 heavy (non-hydrogen) atoms. The van der Waals surface area contributed by atoms with E-state index in [1.165, 1.54) is 0 Å².